The summed E-state index contributed by atoms with van der Waals surface area (Å²) in [6.07, 6.45) is 2.83. The Hall–Kier alpha value is -2.30. The second-order valence-electron chi connectivity index (χ2n) is 3.76. The molecule has 0 heterocycles. The molecule has 0 N–H and O–H groups in total. The Morgan fingerprint density at radius 1 is 1.16 bits per heavy atom. The van der Waals surface area contributed by atoms with E-state index in [0.717, 1.165) is 5.56 Å². The lowest BCUT2D eigenvalue weighted by Crippen LogP contribution is -2.08. The lowest BCUT2D eigenvalue weighted by Gasteiger charge is -2.07. The van der Waals surface area contributed by atoms with Crippen LogP contribution < -0.4 is 9.47 Å². The van der Waals surface area contributed by atoms with E-state index in [1.54, 1.807) is 31.4 Å². The van der Waals surface area contributed by atoms with E-state index in [1.807, 2.05) is 0 Å². The van der Waals surface area contributed by atoms with Gasteiger partial charge in [0.25, 0.3) is 0 Å². The van der Waals surface area contributed by atoms with Crippen molar-refractivity contribution in [1.82, 2.24) is 0 Å². The Labute approximate surface area is 111 Å². The van der Waals surface area contributed by atoms with Crippen LogP contribution in [0.5, 0.6) is 11.5 Å². The van der Waals surface area contributed by atoms with Gasteiger partial charge in [0.1, 0.15) is 6.61 Å². The Kier molecular flexibility index (Phi) is 5.60. The summed E-state index contributed by atoms with van der Waals surface area (Å²) in [7, 11) is 3.08. The van der Waals surface area contributed by atoms with E-state index in [0.29, 0.717) is 11.5 Å². The molecule has 0 atom stereocenters. The number of Topliss-reactive ketones (excluding diaryl/α,β-unsaturated/α-hetero) is 1. The molecule has 5 nitrogen and oxygen atoms in total. The van der Waals surface area contributed by atoms with Gasteiger partial charge in [-0.25, -0.2) is 4.79 Å². The zero-order valence-corrected chi connectivity index (χ0v) is 11.1. The molecule has 1 rings (SSSR count). The molecule has 0 spiro atoms. The van der Waals surface area contributed by atoms with E-state index in [-0.39, 0.29) is 12.4 Å². The van der Waals surface area contributed by atoms with Crippen LogP contribution in [0.2, 0.25) is 0 Å². The molecule has 0 unspecified atom stereocenters. The van der Waals surface area contributed by atoms with Gasteiger partial charge in [-0.15, -0.1) is 0 Å². The van der Waals surface area contributed by atoms with Crippen LogP contribution >= 0.6 is 0 Å². The quantitative estimate of drug-likeness (QED) is 0.579. The van der Waals surface area contributed by atoms with Gasteiger partial charge in [-0.3, -0.25) is 4.79 Å². The molecular formula is C14H16O5. The number of hydrogen-bond donors (Lipinski definition) is 0. The maximum absolute atomic E-state index is 11.3. The molecule has 0 amide bonds. The van der Waals surface area contributed by atoms with Crippen LogP contribution in [0.3, 0.4) is 0 Å². The van der Waals surface area contributed by atoms with Crippen LogP contribution in [0.1, 0.15) is 12.5 Å². The second kappa shape index (κ2) is 7.20. The maximum Gasteiger partial charge on any atom is 0.331 e. The number of ether oxygens (including phenoxy) is 3. The summed E-state index contributed by atoms with van der Waals surface area (Å²) in [6.45, 7) is 1.14. The van der Waals surface area contributed by atoms with Crippen molar-refractivity contribution in [3.8, 4) is 11.5 Å². The number of carbonyl (C=O) groups is 2. The molecule has 1 aromatic rings. The van der Waals surface area contributed by atoms with Gasteiger partial charge in [0.15, 0.2) is 17.3 Å². The molecule has 0 aliphatic heterocycles. The van der Waals surface area contributed by atoms with Crippen molar-refractivity contribution < 1.29 is 23.8 Å². The van der Waals surface area contributed by atoms with Gasteiger partial charge in [0, 0.05) is 6.08 Å². The van der Waals surface area contributed by atoms with E-state index >= 15 is 0 Å². The minimum Gasteiger partial charge on any atom is -0.493 e. The fourth-order valence-electron chi connectivity index (χ4n) is 1.34. The smallest absolute Gasteiger partial charge is 0.331 e. The summed E-state index contributed by atoms with van der Waals surface area (Å²) in [5.41, 5.74) is 0.762. The first-order valence-corrected chi connectivity index (χ1v) is 5.63. The van der Waals surface area contributed by atoms with Crippen LogP contribution in [-0.4, -0.2) is 32.6 Å². The van der Waals surface area contributed by atoms with Crippen molar-refractivity contribution in [2.24, 2.45) is 0 Å². The average Bonchev–Trinajstić information content (AvgIpc) is 2.42. The average molecular weight is 264 g/mol. The molecule has 0 saturated carbocycles. The van der Waals surface area contributed by atoms with Gasteiger partial charge >= 0.3 is 5.97 Å². The third-order valence-electron chi connectivity index (χ3n) is 2.24. The lowest BCUT2D eigenvalue weighted by atomic mass is 10.2. The van der Waals surface area contributed by atoms with Gasteiger partial charge in [-0.05, 0) is 30.7 Å². The molecule has 0 fully saturated rings. The van der Waals surface area contributed by atoms with E-state index < -0.39 is 5.97 Å². The fraction of sp³-hybridized carbons (Fsp3) is 0.286. The summed E-state index contributed by atoms with van der Waals surface area (Å²) < 4.78 is 14.9. The number of carbonyl (C=O) groups excluding carboxylic acids is 2. The van der Waals surface area contributed by atoms with Crippen LogP contribution in [-0.2, 0) is 14.3 Å². The summed E-state index contributed by atoms with van der Waals surface area (Å²) in [5.74, 6) is 0.415. The zero-order valence-electron chi connectivity index (χ0n) is 11.1. The van der Waals surface area contributed by atoms with Crippen LogP contribution in [0.15, 0.2) is 24.3 Å². The minimum absolute atomic E-state index is 0.201. The third-order valence-corrected chi connectivity index (χ3v) is 2.24. The Bertz CT molecular complexity index is 491. The number of methoxy groups -OCH3 is 2. The largest absolute Gasteiger partial charge is 0.493 e. The van der Waals surface area contributed by atoms with Crippen molar-refractivity contribution in [2.75, 3.05) is 20.8 Å². The molecule has 5 heteroatoms. The topological polar surface area (TPSA) is 61.8 Å². The molecule has 1 aromatic carbocycles. The van der Waals surface area contributed by atoms with Gasteiger partial charge in [-0.2, -0.15) is 0 Å². The zero-order chi connectivity index (χ0) is 14.3. The highest BCUT2D eigenvalue weighted by atomic mass is 16.5. The highest BCUT2D eigenvalue weighted by molar-refractivity contribution is 5.89. The van der Waals surface area contributed by atoms with Crippen molar-refractivity contribution in [1.29, 1.82) is 0 Å². The second-order valence-corrected chi connectivity index (χ2v) is 3.76. The van der Waals surface area contributed by atoms with Gasteiger partial charge in [0.2, 0.25) is 0 Å². The van der Waals surface area contributed by atoms with E-state index in [4.69, 9.17) is 14.2 Å². The fourth-order valence-corrected chi connectivity index (χ4v) is 1.34. The predicted molar refractivity (Wildman–Crippen MR) is 70.2 cm³/mol. The molecule has 0 saturated heterocycles. The van der Waals surface area contributed by atoms with Gasteiger partial charge in [0.05, 0.1) is 14.2 Å². The summed E-state index contributed by atoms with van der Waals surface area (Å²) in [4.78, 5) is 21.9. The molecule has 0 aromatic heterocycles. The number of hydrogen-bond acceptors (Lipinski definition) is 5. The molecule has 0 radical (unpaired) electrons. The van der Waals surface area contributed by atoms with Crippen molar-refractivity contribution in [3.63, 3.8) is 0 Å². The number of rotatable bonds is 6. The lowest BCUT2D eigenvalue weighted by molar-refractivity contribution is -0.142. The van der Waals surface area contributed by atoms with E-state index in [9.17, 15) is 9.59 Å². The van der Waals surface area contributed by atoms with Crippen molar-refractivity contribution in [3.05, 3.63) is 29.8 Å². The first-order valence-electron chi connectivity index (χ1n) is 5.63. The molecule has 102 valence electrons. The first kappa shape index (κ1) is 14.8. The highest BCUT2D eigenvalue weighted by Crippen LogP contribution is 2.27. The summed E-state index contributed by atoms with van der Waals surface area (Å²) in [6, 6.07) is 5.24. The number of ketones is 1. The normalized spacial score (nSPS) is 10.3. The minimum atomic E-state index is -0.565. The van der Waals surface area contributed by atoms with E-state index in [1.165, 1.54) is 20.1 Å². The van der Waals surface area contributed by atoms with Crippen LogP contribution in [0, 0.1) is 0 Å². The molecular weight excluding hydrogens is 248 g/mol. The standard InChI is InChI=1S/C14H16O5/c1-10(15)9-19-14(16)7-5-11-4-6-12(17-2)13(8-11)18-3/h4-8H,9H2,1-3H3/b7-5+. The molecule has 0 bridgehead atoms. The molecule has 19 heavy (non-hydrogen) atoms. The molecule has 0 aliphatic carbocycles. The van der Waals surface area contributed by atoms with Crippen LogP contribution in [0.25, 0.3) is 6.08 Å². The van der Waals surface area contributed by atoms with Crippen molar-refractivity contribution in [2.45, 2.75) is 6.92 Å². The van der Waals surface area contributed by atoms with Crippen molar-refractivity contribution >= 4 is 17.8 Å². The van der Waals surface area contributed by atoms with Crippen LogP contribution in [0.4, 0.5) is 0 Å². The predicted octanol–water partition coefficient (Wildman–Crippen LogP) is 1.85. The summed E-state index contributed by atoms with van der Waals surface area (Å²) >= 11 is 0. The summed E-state index contributed by atoms with van der Waals surface area (Å²) in [5, 5.41) is 0. The van der Waals surface area contributed by atoms with Gasteiger partial charge in [-0.1, -0.05) is 6.07 Å². The Morgan fingerprint density at radius 2 is 1.84 bits per heavy atom. The number of esters is 1. The monoisotopic (exact) mass is 264 g/mol. The van der Waals surface area contributed by atoms with Gasteiger partial charge < -0.3 is 14.2 Å². The highest BCUT2D eigenvalue weighted by Gasteiger charge is 2.04. The maximum atomic E-state index is 11.3. The first-order chi connectivity index (χ1) is 9.06. The Morgan fingerprint density at radius 3 is 2.42 bits per heavy atom. The van der Waals surface area contributed by atoms with E-state index in [2.05, 4.69) is 0 Å². The number of benzene rings is 1. The molecule has 0 aliphatic rings. The SMILES string of the molecule is COc1ccc(/C=C/C(=O)OCC(C)=O)cc1OC. The Balaban J connectivity index is 2.71. The third kappa shape index (κ3) is 4.83.